The maximum atomic E-state index is 2.17. The molecule has 0 aliphatic carbocycles. The lowest BCUT2D eigenvalue weighted by molar-refractivity contribution is 2.10. The Bertz CT molecular complexity index is 8.75. The number of hydrogen-bond donors (Lipinski definition) is 0. The molecule has 0 fully saturated rings. The van der Waals surface area contributed by atoms with Crippen LogP contribution in [0.25, 0.3) is 0 Å². The molecule has 0 aliphatic heterocycles. The molecule has 0 nitrogen and oxygen atoms in total. The molecule has 0 aromatic carbocycles. The quantitative estimate of drug-likeness (QED) is 0.338. The molecule has 4 heavy (non-hydrogen) atoms. The first kappa shape index (κ1) is 4.13. The molecule has 0 saturated carbocycles. The Hall–Kier alpha value is 0.130. The summed E-state index contributed by atoms with van der Waals surface area (Å²) in [6, 6.07) is 0. The van der Waals surface area contributed by atoms with Crippen LogP contribution in [-0.4, -0.2) is 14.3 Å². The fourth-order valence-corrected chi connectivity index (χ4v) is 0. The van der Waals surface area contributed by atoms with Crippen molar-refractivity contribution in [1.82, 2.24) is 0 Å². The van der Waals surface area contributed by atoms with Crippen molar-refractivity contribution in [2.24, 2.45) is 0 Å². The van der Waals surface area contributed by atoms with Crippen molar-refractivity contribution in [2.75, 3.05) is 0 Å². The van der Waals surface area contributed by atoms with E-state index < -0.39 is 0 Å². The molecule has 0 spiro atoms. The maximum absolute atomic E-state index is 2.17. The summed E-state index contributed by atoms with van der Waals surface area (Å²) >= 11 is 0. The lowest BCUT2D eigenvalue weighted by Gasteiger charge is -1.71. The molecule has 0 rings (SSSR count). The highest BCUT2D eigenvalue weighted by atomic mass is 13.1. The average Bonchev–Trinajstić information content (AvgIpc) is 0.811. The molecule has 0 aliphatic rings. The van der Waals surface area contributed by atoms with Crippen LogP contribution in [0.5, 0.6) is 0 Å². The van der Waals surface area contributed by atoms with Crippen LogP contribution < -0.4 is 0 Å². The molecule has 2 heteroatoms. The smallest absolute Gasteiger partial charge is 0.0930 e. The molecule has 0 bridgehead atoms. The Morgan fingerprint density at radius 2 is 1.50 bits per heavy atom. The highest BCUT2D eigenvalue weighted by Crippen LogP contribution is 1.59. The van der Waals surface area contributed by atoms with Crippen molar-refractivity contribution in [3.63, 3.8) is 0 Å². The van der Waals surface area contributed by atoms with Gasteiger partial charge in [-0.3, -0.25) is 0 Å². The van der Waals surface area contributed by atoms with E-state index in [1.54, 1.807) is 0 Å². The molecule has 22 valence electrons. The summed E-state index contributed by atoms with van der Waals surface area (Å²) in [4.78, 5) is 0. The van der Waals surface area contributed by atoms with E-state index >= 15 is 0 Å². The Labute approximate surface area is 29.1 Å². The number of rotatable bonds is 0. The van der Waals surface area contributed by atoms with Crippen molar-refractivity contribution in [3.05, 3.63) is 0 Å². The largest absolute Gasteiger partial charge is 0.0933 e. The molecule has 0 atom stereocenters. The van der Waals surface area contributed by atoms with E-state index in [-0.39, 0.29) is 0 Å². The van der Waals surface area contributed by atoms with E-state index in [1.807, 2.05) is 0 Å². The summed E-state index contributed by atoms with van der Waals surface area (Å²) < 4.78 is 0. The third kappa shape index (κ3) is 161. The average molecular weight is 53.7 g/mol. The maximum Gasteiger partial charge on any atom is 0.0933 e. The van der Waals surface area contributed by atoms with Crippen LogP contribution in [0.2, 0.25) is 13.6 Å². The normalized spacial score (nSPS) is 6.50. The zero-order valence-electron chi connectivity index (χ0n) is 3.58. The summed E-state index contributed by atoms with van der Waals surface area (Å²) in [5, 5.41) is 0. The first-order valence-corrected chi connectivity index (χ1v) is 1.73. The molecule has 0 unspecified atom stereocenters. The van der Waals surface area contributed by atoms with Crippen LogP contribution in [-0.2, 0) is 0 Å². The van der Waals surface area contributed by atoms with Crippen LogP contribution >= 0.6 is 0 Å². The predicted octanol–water partition coefficient (Wildman–Crippen LogP) is -0.129. The highest BCUT2D eigenvalue weighted by molar-refractivity contribution is 7.01. The minimum absolute atomic E-state index is 0.833. The van der Waals surface area contributed by atoms with Gasteiger partial charge in [0, 0.05) is 0 Å². The first-order chi connectivity index (χ1) is 1.73. The lowest BCUT2D eigenvalue weighted by atomic mass is 9.37. The van der Waals surface area contributed by atoms with E-state index in [4.69, 9.17) is 0 Å². The van der Waals surface area contributed by atoms with Crippen LogP contribution in [0.15, 0.2) is 0 Å². The molecule has 0 N–H and O–H groups in total. The first-order valence-electron chi connectivity index (χ1n) is 1.73. The summed E-state index contributed by atoms with van der Waals surface area (Å²) in [7, 11) is 2.17. The van der Waals surface area contributed by atoms with Crippen molar-refractivity contribution in [1.29, 1.82) is 0 Å². The fraction of sp³-hybridized carbons (Fsp3) is 1.00. The zero-order valence-corrected chi connectivity index (χ0v) is 3.58. The van der Waals surface area contributed by atoms with Gasteiger partial charge in [0.2, 0.25) is 0 Å². The Kier molecular flexibility index (Phi) is 1.50. The van der Waals surface area contributed by atoms with Gasteiger partial charge in [0.05, 0.1) is 14.3 Å². The van der Waals surface area contributed by atoms with E-state index in [9.17, 15) is 0 Å². The predicted molar refractivity (Wildman–Crippen MR) is 26.0 cm³/mol. The molecule has 0 aromatic heterocycles. The Morgan fingerprint density at radius 3 is 1.50 bits per heavy atom. The van der Waals surface area contributed by atoms with Crippen LogP contribution in [0, 0.1) is 0 Å². The Morgan fingerprint density at radius 1 is 1.50 bits per heavy atom. The van der Waals surface area contributed by atoms with Gasteiger partial charge in [-0.1, -0.05) is 13.6 Å². The molecule has 0 radical (unpaired) electrons. The zero-order chi connectivity index (χ0) is 3.58. The third-order valence-electron chi connectivity index (χ3n) is 0. The second kappa shape index (κ2) is 1.45. The van der Waals surface area contributed by atoms with Gasteiger partial charge >= 0.3 is 0 Å². The standard InChI is InChI=1S/C2H8B2/c1-4(2)3/h3H2,1-2H3. The fourth-order valence-electron chi connectivity index (χ4n) is 0. The van der Waals surface area contributed by atoms with E-state index in [0.717, 1.165) is 6.60 Å². The van der Waals surface area contributed by atoms with Gasteiger partial charge in [-0.15, -0.1) is 0 Å². The second-order valence-electron chi connectivity index (χ2n) is 1.73. The van der Waals surface area contributed by atoms with Gasteiger partial charge in [-0.05, 0) is 0 Å². The SMILES string of the molecule is BB(C)C. The van der Waals surface area contributed by atoms with E-state index in [0.29, 0.717) is 0 Å². The van der Waals surface area contributed by atoms with E-state index in [2.05, 4.69) is 21.4 Å². The molecule has 0 amide bonds. The van der Waals surface area contributed by atoms with Crippen molar-refractivity contribution >= 4 is 14.3 Å². The van der Waals surface area contributed by atoms with Crippen LogP contribution in [0.1, 0.15) is 0 Å². The van der Waals surface area contributed by atoms with Gasteiger partial charge in [-0.25, -0.2) is 0 Å². The number of hydrogen-bond acceptors (Lipinski definition) is 0. The van der Waals surface area contributed by atoms with Gasteiger partial charge in [-0.2, -0.15) is 0 Å². The van der Waals surface area contributed by atoms with Gasteiger partial charge in [0.25, 0.3) is 0 Å². The highest BCUT2D eigenvalue weighted by Gasteiger charge is 1.76. The summed E-state index contributed by atoms with van der Waals surface area (Å²) in [6.07, 6.45) is 0. The van der Waals surface area contributed by atoms with Crippen molar-refractivity contribution in [3.8, 4) is 0 Å². The van der Waals surface area contributed by atoms with Gasteiger partial charge in [0.15, 0.2) is 0 Å². The second-order valence-corrected chi connectivity index (χ2v) is 1.73. The lowest BCUT2D eigenvalue weighted by Crippen LogP contribution is -1.94. The molecule has 0 aromatic rings. The monoisotopic (exact) mass is 54.1 g/mol. The van der Waals surface area contributed by atoms with Crippen LogP contribution in [0.4, 0.5) is 0 Å². The summed E-state index contributed by atoms with van der Waals surface area (Å²) in [5.74, 6) is 0. The Balaban J connectivity index is 2.32. The molecular formula is C2H8B2. The topological polar surface area (TPSA) is 0 Å². The van der Waals surface area contributed by atoms with Gasteiger partial charge < -0.3 is 0 Å². The third-order valence-corrected chi connectivity index (χ3v) is 0. The summed E-state index contributed by atoms with van der Waals surface area (Å²) in [5.41, 5.74) is 0. The molecule has 0 heterocycles. The minimum atomic E-state index is 0.833. The van der Waals surface area contributed by atoms with Crippen molar-refractivity contribution in [2.45, 2.75) is 13.6 Å². The molecule has 0 saturated heterocycles. The van der Waals surface area contributed by atoms with E-state index in [1.165, 1.54) is 0 Å². The minimum Gasteiger partial charge on any atom is -0.0930 e. The van der Waals surface area contributed by atoms with Crippen molar-refractivity contribution < 1.29 is 0 Å². The van der Waals surface area contributed by atoms with Crippen LogP contribution in [0.3, 0.4) is 0 Å². The molecular weight excluding hydrogens is 45.6 g/mol. The summed E-state index contributed by atoms with van der Waals surface area (Å²) in [6.45, 7) is 5.17. The van der Waals surface area contributed by atoms with Gasteiger partial charge in [0.1, 0.15) is 0 Å².